The van der Waals surface area contributed by atoms with Crippen LogP contribution in [0.2, 0.25) is 0 Å². The van der Waals surface area contributed by atoms with E-state index in [1.54, 1.807) is 0 Å². The van der Waals surface area contributed by atoms with Crippen LogP contribution < -0.4 is 5.32 Å². The Morgan fingerprint density at radius 3 is 2.54 bits per heavy atom. The molecule has 0 radical (unpaired) electrons. The number of piperidine rings is 1. The summed E-state index contributed by atoms with van der Waals surface area (Å²) in [6.45, 7) is 8.49. The van der Waals surface area contributed by atoms with E-state index in [1.807, 2.05) is 0 Å². The monoisotopic (exact) mass is 325 g/mol. The summed E-state index contributed by atoms with van der Waals surface area (Å²) in [4.78, 5) is 2.58. The van der Waals surface area contributed by atoms with Gasteiger partial charge in [0.2, 0.25) is 0 Å². The molecule has 0 aliphatic carbocycles. The molecule has 0 unspecified atom stereocenters. The third-order valence-electron chi connectivity index (χ3n) is 5.44. The summed E-state index contributed by atoms with van der Waals surface area (Å²) >= 11 is 0. The van der Waals surface area contributed by atoms with E-state index >= 15 is 0 Å². The number of rotatable bonds is 4. The van der Waals surface area contributed by atoms with Crippen molar-refractivity contribution in [2.24, 2.45) is 0 Å². The molecule has 1 aromatic carbocycles. The summed E-state index contributed by atoms with van der Waals surface area (Å²) in [5.41, 5.74) is 2.85. The number of nitrogens with zero attached hydrogens (tertiary/aromatic N) is 4. The molecule has 0 spiro atoms. The summed E-state index contributed by atoms with van der Waals surface area (Å²) in [6, 6.07) is 9.09. The van der Waals surface area contributed by atoms with Crippen LogP contribution in [-0.4, -0.2) is 39.3 Å². The smallest absolute Gasteiger partial charge is 0.147 e. The molecular weight excluding hydrogens is 298 g/mol. The van der Waals surface area contributed by atoms with Gasteiger partial charge in [-0.3, -0.25) is 4.90 Å². The number of aromatic nitrogens is 3. The van der Waals surface area contributed by atoms with Gasteiger partial charge in [0.15, 0.2) is 0 Å². The second-order valence-electron chi connectivity index (χ2n) is 7.02. The maximum atomic E-state index is 4.50. The zero-order valence-electron chi connectivity index (χ0n) is 14.5. The van der Waals surface area contributed by atoms with Crippen LogP contribution in [0.3, 0.4) is 0 Å². The zero-order chi connectivity index (χ0) is 16.4. The quantitative estimate of drug-likeness (QED) is 0.937. The number of fused-ring (bicyclic) bond motifs is 1. The van der Waals surface area contributed by atoms with Crippen LogP contribution in [0.25, 0.3) is 0 Å². The van der Waals surface area contributed by atoms with Crippen LogP contribution in [0, 0.1) is 0 Å². The van der Waals surface area contributed by atoms with Gasteiger partial charge < -0.3 is 9.88 Å². The fourth-order valence-electron chi connectivity index (χ4n) is 3.90. The standard InChI is InChI=1S/C19H27N5/c1-2-15-3-5-16(6-4-15)14-23-10-7-17(8-11-23)19-22-21-18-13-20-9-12-24(18)19/h3-6,17,20H,2,7-14H2,1H3. The van der Waals surface area contributed by atoms with E-state index in [0.717, 1.165) is 51.5 Å². The maximum Gasteiger partial charge on any atom is 0.147 e. The maximum absolute atomic E-state index is 4.50. The molecule has 2 aliphatic rings. The second-order valence-corrected chi connectivity index (χ2v) is 7.02. The fraction of sp³-hybridized carbons (Fsp3) is 0.579. The highest BCUT2D eigenvalue weighted by atomic mass is 15.3. The Morgan fingerprint density at radius 1 is 1.04 bits per heavy atom. The molecule has 24 heavy (non-hydrogen) atoms. The Morgan fingerprint density at radius 2 is 1.79 bits per heavy atom. The molecule has 2 aromatic rings. The first-order chi connectivity index (χ1) is 11.8. The molecule has 0 bridgehead atoms. The van der Waals surface area contributed by atoms with Crippen molar-refractivity contribution < 1.29 is 0 Å². The van der Waals surface area contributed by atoms with Crippen molar-refractivity contribution in [3.05, 3.63) is 47.0 Å². The number of aryl methyl sites for hydroxylation is 1. The van der Waals surface area contributed by atoms with Gasteiger partial charge in [-0.05, 0) is 43.5 Å². The van der Waals surface area contributed by atoms with E-state index in [2.05, 4.69) is 56.2 Å². The third kappa shape index (κ3) is 3.23. The highest BCUT2D eigenvalue weighted by Gasteiger charge is 2.26. The Bertz CT molecular complexity index is 668. The van der Waals surface area contributed by atoms with Gasteiger partial charge in [-0.25, -0.2) is 0 Å². The molecule has 3 heterocycles. The van der Waals surface area contributed by atoms with Crippen molar-refractivity contribution in [1.29, 1.82) is 0 Å². The number of benzene rings is 1. The van der Waals surface area contributed by atoms with Gasteiger partial charge in [0.05, 0.1) is 6.54 Å². The molecule has 4 rings (SSSR count). The SMILES string of the molecule is CCc1ccc(CN2CCC(c3nnc4n3CCNC4)CC2)cc1. The van der Waals surface area contributed by atoms with Crippen LogP contribution >= 0.6 is 0 Å². The average molecular weight is 325 g/mol. The number of likely N-dealkylation sites (tertiary alicyclic amines) is 1. The minimum atomic E-state index is 0.572. The van der Waals surface area contributed by atoms with E-state index in [0.29, 0.717) is 5.92 Å². The van der Waals surface area contributed by atoms with Crippen LogP contribution in [0.15, 0.2) is 24.3 Å². The van der Waals surface area contributed by atoms with Crippen molar-refractivity contribution in [2.45, 2.75) is 51.7 Å². The predicted octanol–water partition coefficient (Wildman–Crippen LogP) is 2.32. The molecule has 1 N–H and O–H groups in total. The predicted molar refractivity (Wildman–Crippen MR) is 94.8 cm³/mol. The third-order valence-corrected chi connectivity index (χ3v) is 5.44. The molecule has 5 heteroatoms. The van der Waals surface area contributed by atoms with Gasteiger partial charge in [0, 0.05) is 25.6 Å². The summed E-state index contributed by atoms with van der Waals surface area (Å²) in [7, 11) is 0. The minimum Gasteiger partial charge on any atom is -0.312 e. The molecule has 0 amide bonds. The topological polar surface area (TPSA) is 46.0 Å². The number of hydrogen-bond donors (Lipinski definition) is 1. The van der Waals surface area contributed by atoms with Crippen LogP contribution in [0.4, 0.5) is 0 Å². The summed E-state index contributed by atoms with van der Waals surface area (Å²) in [5.74, 6) is 2.90. The molecule has 1 fully saturated rings. The Kier molecular flexibility index (Phi) is 4.63. The van der Waals surface area contributed by atoms with Gasteiger partial charge in [-0.2, -0.15) is 0 Å². The first-order valence-corrected chi connectivity index (χ1v) is 9.26. The number of hydrogen-bond acceptors (Lipinski definition) is 4. The highest BCUT2D eigenvalue weighted by Crippen LogP contribution is 2.28. The zero-order valence-corrected chi connectivity index (χ0v) is 14.5. The van der Waals surface area contributed by atoms with Gasteiger partial charge in [0.1, 0.15) is 11.6 Å². The molecule has 2 aliphatic heterocycles. The molecule has 5 nitrogen and oxygen atoms in total. The van der Waals surface area contributed by atoms with Gasteiger partial charge in [0.25, 0.3) is 0 Å². The molecule has 1 aromatic heterocycles. The van der Waals surface area contributed by atoms with E-state index < -0.39 is 0 Å². The van der Waals surface area contributed by atoms with Crippen LogP contribution in [-0.2, 0) is 26.1 Å². The van der Waals surface area contributed by atoms with Gasteiger partial charge >= 0.3 is 0 Å². The van der Waals surface area contributed by atoms with Crippen molar-refractivity contribution in [2.75, 3.05) is 19.6 Å². The first-order valence-electron chi connectivity index (χ1n) is 9.26. The lowest BCUT2D eigenvalue weighted by Crippen LogP contribution is -2.34. The van der Waals surface area contributed by atoms with E-state index in [9.17, 15) is 0 Å². The summed E-state index contributed by atoms with van der Waals surface area (Å²) < 4.78 is 2.35. The van der Waals surface area contributed by atoms with Crippen molar-refractivity contribution in [3.8, 4) is 0 Å². The van der Waals surface area contributed by atoms with Crippen molar-refractivity contribution in [1.82, 2.24) is 25.0 Å². The van der Waals surface area contributed by atoms with Gasteiger partial charge in [-0.15, -0.1) is 10.2 Å². The Labute approximate surface area is 144 Å². The lowest BCUT2D eigenvalue weighted by atomic mass is 9.95. The molecular formula is C19H27N5. The van der Waals surface area contributed by atoms with Crippen LogP contribution in [0.5, 0.6) is 0 Å². The van der Waals surface area contributed by atoms with Crippen molar-refractivity contribution in [3.63, 3.8) is 0 Å². The van der Waals surface area contributed by atoms with Crippen LogP contribution in [0.1, 0.15) is 48.5 Å². The molecule has 0 saturated carbocycles. The highest BCUT2D eigenvalue weighted by molar-refractivity contribution is 5.22. The fourth-order valence-corrected chi connectivity index (χ4v) is 3.90. The Balaban J connectivity index is 1.35. The first kappa shape index (κ1) is 15.8. The molecule has 1 saturated heterocycles. The second kappa shape index (κ2) is 7.03. The van der Waals surface area contributed by atoms with E-state index in [4.69, 9.17) is 0 Å². The lowest BCUT2D eigenvalue weighted by molar-refractivity contribution is 0.199. The summed E-state index contributed by atoms with van der Waals surface area (Å²) in [6.07, 6.45) is 3.50. The Hall–Kier alpha value is -1.72. The number of nitrogens with one attached hydrogen (secondary N) is 1. The molecule has 128 valence electrons. The van der Waals surface area contributed by atoms with Gasteiger partial charge in [-0.1, -0.05) is 31.2 Å². The van der Waals surface area contributed by atoms with E-state index in [1.165, 1.54) is 29.8 Å². The average Bonchev–Trinajstić information content (AvgIpc) is 3.07. The summed E-state index contributed by atoms with van der Waals surface area (Å²) in [5, 5.41) is 12.2. The normalized spacial score (nSPS) is 19.4. The lowest BCUT2D eigenvalue weighted by Gasteiger charge is -2.32. The van der Waals surface area contributed by atoms with E-state index in [-0.39, 0.29) is 0 Å². The van der Waals surface area contributed by atoms with Crippen molar-refractivity contribution >= 4 is 0 Å². The molecule has 0 atom stereocenters. The minimum absolute atomic E-state index is 0.572. The largest absolute Gasteiger partial charge is 0.312 e.